The van der Waals surface area contributed by atoms with Crippen LogP contribution in [0.15, 0.2) is 12.1 Å². The summed E-state index contributed by atoms with van der Waals surface area (Å²) in [7, 11) is 3.90. The predicted octanol–water partition coefficient (Wildman–Crippen LogP) is 2.35. The highest BCUT2D eigenvalue weighted by atomic mass is 16.5. The number of aryl methyl sites for hydroxylation is 2. The molecule has 0 aliphatic carbocycles. The number of nitrogens with one attached hydrogen (secondary N) is 1. The summed E-state index contributed by atoms with van der Waals surface area (Å²) in [6.45, 7) is 10.4. The van der Waals surface area contributed by atoms with Crippen molar-refractivity contribution in [3.8, 4) is 5.75 Å². The summed E-state index contributed by atoms with van der Waals surface area (Å²) in [6.07, 6.45) is 0. The zero-order valence-corrected chi connectivity index (χ0v) is 12.3. The first-order valence-corrected chi connectivity index (χ1v) is 6.61. The van der Waals surface area contributed by atoms with E-state index in [9.17, 15) is 0 Å². The van der Waals surface area contributed by atoms with Crippen molar-refractivity contribution in [3.05, 3.63) is 28.8 Å². The van der Waals surface area contributed by atoms with Crippen LogP contribution in [-0.2, 0) is 6.54 Å². The molecule has 1 aromatic rings. The Morgan fingerprint density at radius 2 is 2.00 bits per heavy atom. The number of rotatable bonds is 7. The molecule has 0 saturated heterocycles. The third-order valence-electron chi connectivity index (χ3n) is 3.06. The molecule has 0 atom stereocenters. The minimum Gasteiger partial charge on any atom is -0.496 e. The summed E-state index contributed by atoms with van der Waals surface area (Å²) in [5.74, 6) is 1.02. The van der Waals surface area contributed by atoms with Crippen molar-refractivity contribution in [3.63, 3.8) is 0 Å². The zero-order valence-electron chi connectivity index (χ0n) is 12.3. The first kappa shape index (κ1) is 15.0. The molecule has 0 saturated carbocycles. The van der Waals surface area contributed by atoms with Crippen molar-refractivity contribution in [2.45, 2.75) is 27.3 Å². The van der Waals surface area contributed by atoms with E-state index in [2.05, 4.69) is 50.2 Å². The number of ether oxygens (including phenoxy) is 1. The van der Waals surface area contributed by atoms with E-state index in [4.69, 9.17) is 4.74 Å². The standard InChI is InChI=1S/C15H26N2O/c1-6-16-7-8-17(4)11-14-10-12(2)9-13(3)15(14)18-5/h9-10,16H,6-8,11H2,1-5H3. The second-order valence-electron chi connectivity index (χ2n) is 4.87. The molecule has 1 aromatic carbocycles. The maximum Gasteiger partial charge on any atom is 0.126 e. The van der Waals surface area contributed by atoms with Gasteiger partial charge in [-0.2, -0.15) is 0 Å². The average Bonchev–Trinajstić information content (AvgIpc) is 2.28. The van der Waals surface area contributed by atoms with Crippen LogP contribution >= 0.6 is 0 Å². The molecule has 0 heterocycles. The van der Waals surface area contributed by atoms with E-state index in [1.165, 1.54) is 16.7 Å². The summed E-state index contributed by atoms with van der Waals surface area (Å²) in [5.41, 5.74) is 3.78. The van der Waals surface area contributed by atoms with Gasteiger partial charge in [0.1, 0.15) is 5.75 Å². The molecule has 3 nitrogen and oxygen atoms in total. The molecule has 18 heavy (non-hydrogen) atoms. The third kappa shape index (κ3) is 4.31. The van der Waals surface area contributed by atoms with Crippen LogP contribution in [0.4, 0.5) is 0 Å². The van der Waals surface area contributed by atoms with E-state index < -0.39 is 0 Å². The van der Waals surface area contributed by atoms with Gasteiger partial charge in [0.25, 0.3) is 0 Å². The van der Waals surface area contributed by atoms with Gasteiger partial charge >= 0.3 is 0 Å². The highest BCUT2D eigenvalue weighted by molar-refractivity contribution is 5.43. The summed E-state index contributed by atoms with van der Waals surface area (Å²) in [4.78, 5) is 2.32. The van der Waals surface area contributed by atoms with Crippen LogP contribution in [-0.4, -0.2) is 38.7 Å². The number of hydrogen-bond acceptors (Lipinski definition) is 3. The first-order valence-electron chi connectivity index (χ1n) is 6.61. The Bertz CT molecular complexity index is 377. The molecule has 0 aromatic heterocycles. The van der Waals surface area contributed by atoms with Crippen molar-refractivity contribution in [1.29, 1.82) is 0 Å². The summed E-state index contributed by atoms with van der Waals surface area (Å²) in [5, 5.41) is 3.34. The number of nitrogens with zero attached hydrogens (tertiary/aromatic N) is 1. The van der Waals surface area contributed by atoms with E-state index in [0.29, 0.717) is 0 Å². The van der Waals surface area contributed by atoms with Gasteiger partial charge in [0.2, 0.25) is 0 Å². The fourth-order valence-electron chi connectivity index (χ4n) is 2.27. The summed E-state index contributed by atoms with van der Waals surface area (Å²) >= 11 is 0. The lowest BCUT2D eigenvalue weighted by Crippen LogP contribution is -2.29. The van der Waals surface area contributed by atoms with E-state index in [1.54, 1.807) is 7.11 Å². The van der Waals surface area contributed by atoms with Crippen molar-refractivity contribution in [1.82, 2.24) is 10.2 Å². The second kappa shape index (κ2) is 7.39. The van der Waals surface area contributed by atoms with E-state index in [0.717, 1.165) is 31.9 Å². The quantitative estimate of drug-likeness (QED) is 0.752. The minimum absolute atomic E-state index is 0.928. The lowest BCUT2D eigenvalue weighted by Gasteiger charge is -2.20. The van der Waals surface area contributed by atoms with Gasteiger partial charge < -0.3 is 15.0 Å². The van der Waals surface area contributed by atoms with Gasteiger partial charge in [0.05, 0.1) is 7.11 Å². The lowest BCUT2D eigenvalue weighted by atomic mass is 10.1. The first-order chi connectivity index (χ1) is 8.58. The van der Waals surface area contributed by atoms with Crippen LogP contribution in [0.25, 0.3) is 0 Å². The average molecular weight is 250 g/mol. The van der Waals surface area contributed by atoms with Gasteiger partial charge in [-0.1, -0.05) is 24.6 Å². The maximum absolute atomic E-state index is 5.52. The molecular formula is C15H26N2O. The van der Waals surface area contributed by atoms with Gasteiger partial charge in [-0.15, -0.1) is 0 Å². The largest absolute Gasteiger partial charge is 0.496 e. The fourth-order valence-corrected chi connectivity index (χ4v) is 2.27. The van der Waals surface area contributed by atoms with Gasteiger partial charge in [0.15, 0.2) is 0 Å². The molecular weight excluding hydrogens is 224 g/mol. The van der Waals surface area contributed by atoms with Crippen LogP contribution in [0.3, 0.4) is 0 Å². The fraction of sp³-hybridized carbons (Fsp3) is 0.600. The van der Waals surface area contributed by atoms with Crippen LogP contribution in [0, 0.1) is 13.8 Å². The van der Waals surface area contributed by atoms with Gasteiger partial charge in [-0.05, 0) is 33.0 Å². The molecule has 0 aliphatic rings. The number of likely N-dealkylation sites (N-methyl/N-ethyl adjacent to an activating group) is 2. The van der Waals surface area contributed by atoms with E-state index in [-0.39, 0.29) is 0 Å². The Hall–Kier alpha value is -1.06. The SMILES string of the molecule is CCNCCN(C)Cc1cc(C)cc(C)c1OC. The van der Waals surface area contributed by atoms with Crippen LogP contribution in [0.2, 0.25) is 0 Å². The minimum atomic E-state index is 0.928. The Morgan fingerprint density at radius 1 is 1.28 bits per heavy atom. The molecule has 0 bridgehead atoms. The monoisotopic (exact) mass is 250 g/mol. The molecule has 3 heteroatoms. The van der Waals surface area contributed by atoms with Crippen molar-refractivity contribution >= 4 is 0 Å². The van der Waals surface area contributed by atoms with Crippen molar-refractivity contribution in [2.75, 3.05) is 33.8 Å². The van der Waals surface area contributed by atoms with E-state index >= 15 is 0 Å². The lowest BCUT2D eigenvalue weighted by molar-refractivity contribution is 0.316. The molecule has 1 N–H and O–H groups in total. The Labute approximate surface area is 111 Å². The van der Waals surface area contributed by atoms with Crippen LogP contribution in [0.5, 0.6) is 5.75 Å². The van der Waals surface area contributed by atoms with Gasteiger partial charge in [-0.3, -0.25) is 0 Å². The van der Waals surface area contributed by atoms with Gasteiger partial charge in [0, 0.05) is 25.2 Å². The highest BCUT2D eigenvalue weighted by Gasteiger charge is 2.09. The third-order valence-corrected chi connectivity index (χ3v) is 3.06. The van der Waals surface area contributed by atoms with Crippen molar-refractivity contribution < 1.29 is 4.74 Å². The Morgan fingerprint density at radius 3 is 2.61 bits per heavy atom. The topological polar surface area (TPSA) is 24.5 Å². The van der Waals surface area contributed by atoms with E-state index in [1.807, 2.05) is 0 Å². The summed E-state index contributed by atoms with van der Waals surface area (Å²) < 4.78 is 5.52. The normalized spacial score (nSPS) is 11.0. The molecule has 0 aliphatic heterocycles. The van der Waals surface area contributed by atoms with Gasteiger partial charge in [-0.25, -0.2) is 0 Å². The Balaban J connectivity index is 2.70. The molecule has 102 valence electrons. The number of methoxy groups -OCH3 is 1. The maximum atomic E-state index is 5.52. The molecule has 0 radical (unpaired) electrons. The highest BCUT2D eigenvalue weighted by Crippen LogP contribution is 2.25. The predicted molar refractivity (Wildman–Crippen MR) is 77.3 cm³/mol. The van der Waals surface area contributed by atoms with Crippen LogP contribution in [0.1, 0.15) is 23.6 Å². The molecule has 0 unspecified atom stereocenters. The molecule has 0 spiro atoms. The number of benzene rings is 1. The molecule has 0 fully saturated rings. The Kier molecular flexibility index (Phi) is 6.16. The second-order valence-corrected chi connectivity index (χ2v) is 4.87. The summed E-state index contributed by atoms with van der Waals surface area (Å²) in [6, 6.07) is 4.39. The molecule has 1 rings (SSSR count). The smallest absolute Gasteiger partial charge is 0.126 e. The van der Waals surface area contributed by atoms with Crippen molar-refractivity contribution in [2.24, 2.45) is 0 Å². The van der Waals surface area contributed by atoms with Crippen LogP contribution < -0.4 is 10.1 Å². The molecule has 0 amide bonds. The zero-order chi connectivity index (χ0) is 13.5. The number of hydrogen-bond donors (Lipinski definition) is 1.